The summed E-state index contributed by atoms with van der Waals surface area (Å²) in [4.78, 5) is 43.7. The van der Waals surface area contributed by atoms with E-state index in [9.17, 15) is 9.59 Å². The monoisotopic (exact) mass is 606 g/mol. The zero-order chi connectivity index (χ0) is 31.6. The minimum Gasteiger partial charge on any atom is -0.462 e. The van der Waals surface area contributed by atoms with Crippen LogP contribution in [-0.4, -0.2) is 45.1 Å². The third-order valence-corrected chi connectivity index (χ3v) is 7.78. The van der Waals surface area contributed by atoms with E-state index < -0.39 is 11.9 Å². The average Bonchev–Trinajstić information content (AvgIpc) is 3.88. The van der Waals surface area contributed by atoms with Crippen LogP contribution in [0, 0.1) is 0 Å². The molecule has 8 bridgehead atoms. The minimum atomic E-state index is -0.648. The number of nitrogens with one attached hydrogen (secondary N) is 2. The zero-order valence-corrected chi connectivity index (χ0v) is 25.3. The second-order valence-corrected chi connectivity index (χ2v) is 10.7. The van der Waals surface area contributed by atoms with Gasteiger partial charge in [-0.25, -0.2) is 19.6 Å². The van der Waals surface area contributed by atoms with Crippen molar-refractivity contribution in [3.63, 3.8) is 0 Å². The van der Waals surface area contributed by atoms with Crippen LogP contribution in [-0.2, 0) is 19.1 Å². The second kappa shape index (κ2) is 12.2. The third-order valence-electron chi connectivity index (χ3n) is 7.78. The van der Waals surface area contributed by atoms with Crippen molar-refractivity contribution in [2.24, 2.45) is 0 Å². The van der Waals surface area contributed by atoms with Gasteiger partial charge in [-0.2, -0.15) is 0 Å². The van der Waals surface area contributed by atoms with E-state index in [0.717, 1.165) is 44.7 Å². The van der Waals surface area contributed by atoms with Crippen LogP contribution in [0.5, 0.6) is 0 Å². The molecule has 2 aliphatic rings. The Morgan fingerprint density at radius 3 is 1.43 bits per heavy atom. The van der Waals surface area contributed by atoms with Gasteiger partial charge in [-0.1, -0.05) is 60.7 Å². The number of benzene rings is 2. The van der Waals surface area contributed by atoms with E-state index in [2.05, 4.69) is 34.2 Å². The first-order chi connectivity index (χ1) is 22.5. The molecule has 5 heterocycles. The van der Waals surface area contributed by atoms with E-state index in [-0.39, 0.29) is 24.4 Å². The molecule has 7 rings (SSSR count). The highest BCUT2D eigenvalue weighted by molar-refractivity contribution is 6.38. The summed E-state index contributed by atoms with van der Waals surface area (Å²) in [6.45, 7) is 3.72. The topological polar surface area (TPSA) is 110 Å². The number of fused-ring (bicyclic) bond motifs is 8. The maximum absolute atomic E-state index is 13.4. The van der Waals surface area contributed by atoms with Crippen molar-refractivity contribution >= 4 is 57.3 Å². The number of aromatic nitrogens is 4. The number of aromatic amines is 2. The maximum Gasteiger partial charge on any atom is 0.341 e. The molecule has 0 atom stereocenters. The highest BCUT2D eigenvalue weighted by Gasteiger charge is 2.32. The SMILES string of the molecule is CCOC(=O)C1=C(C(=O)OCC)c2cc3ccc([nH]3)c(-c3ccccc3)c3nc(c(-c4ccccc4)c4ccc(cc1n2)[nH]4)C=C3. The summed E-state index contributed by atoms with van der Waals surface area (Å²) in [5, 5.41) is 0. The van der Waals surface area contributed by atoms with Gasteiger partial charge in [0.2, 0.25) is 0 Å². The maximum atomic E-state index is 13.4. The van der Waals surface area contributed by atoms with Gasteiger partial charge in [0.25, 0.3) is 0 Å². The second-order valence-electron chi connectivity index (χ2n) is 10.7. The van der Waals surface area contributed by atoms with Crippen molar-refractivity contribution < 1.29 is 19.1 Å². The highest BCUT2D eigenvalue weighted by atomic mass is 16.5. The first-order valence-electron chi connectivity index (χ1n) is 15.2. The fraction of sp³-hybridized carbons (Fsp3) is 0.105. The number of hydrogen-bond donors (Lipinski definition) is 2. The molecule has 0 unspecified atom stereocenters. The van der Waals surface area contributed by atoms with Gasteiger partial charge < -0.3 is 19.4 Å². The Labute approximate surface area is 265 Å². The molecular formula is C38H30N4O4. The van der Waals surface area contributed by atoms with Crippen molar-refractivity contribution in [2.75, 3.05) is 13.2 Å². The van der Waals surface area contributed by atoms with Crippen LogP contribution in [0.3, 0.4) is 0 Å². The Bertz CT molecular complexity index is 2060. The number of rotatable bonds is 6. The Morgan fingerprint density at radius 1 is 0.587 bits per heavy atom. The number of H-pyrrole nitrogens is 2. The van der Waals surface area contributed by atoms with Gasteiger partial charge >= 0.3 is 11.9 Å². The van der Waals surface area contributed by atoms with Gasteiger partial charge in [-0.15, -0.1) is 0 Å². The van der Waals surface area contributed by atoms with E-state index >= 15 is 0 Å². The molecule has 2 N–H and O–H groups in total. The smallest absolute Gasteiger partial charge is 0.341 e. The number of hydrogen-bond acceptors (Lipinski definition) is 6. The highest BCUT2D eigenvalue weighted by Crippen LogP contribution is 2.36. The van der Waals surface area contributed by atoms with Crippen molar-refractivity contribution in [3.8, 4) is 22.3 Å². The number of esters is 2. The Morgan fingerprint density at radius 2 is 1.02 bits per heavy atom. The standard InChI is InChI=1S/C38H30N4O4/c1-3-45-37(43)35-31-21-25-15-17-27(39-25)33(23-11-7-5-8-12-23)29-19-20-30(41-29)34(24-13-9-6-10-14-24)28-18-16-26(40-28)22-32(42-31)36(35)38(44)46-4-2/h5-22,39-40H,3-4H2,1-2H3. The third kappa shape index (κ3) is 5.30. The summed E-state index contributed by atoms with van der Waals surface area (Å²) in [6, 6.07) is 31.4. The van der Waals surface area contributed by atoms with Crippen molar-refractivity contribution in [1.29, 1.82) is 0 Å². The van der Waals surface area contributed by atoms with Gasteiger partial charge in [0.05, 0.1) is 36.0 Å². The molecule has 0 radical (unpaired) electrons. The Balaban J connectivity index is 1.63. The number of nitrogens with zero attached hydrogens (tertiary/aromatic N) is 2. The lowest BCUT2D eigenvalue weighted by molar-refractivity contribution is -0.138. The zero-order valence-electron chi connectivity index (χ0n) is 25.3. The van der Waals surface area contributed by atoms with Gasteiger partial charge in [-0.3, -0.25) is 0 Å². The molecule has 0 aliphatic carbocycles. The van der Waals surface area contributed by atoms with E-state index in [0.29, 0.717) is 22.4 Å². The molecule has 0 saturated carbocycles. The summed E-state index contributed by atoms with van der Waals surface area (Å²) in [5.41, 5.74) is 9.18. The fourth-order valence-corrected chi connectivity index (χ4v) is 5.84. The van der Waals surface area contributed by atoms with Crippen LogP contribution in [0.25, 0.3) is 67.6 Å². The number of carbonyl (C=O) groups excluding carboxylic acids is 2. The van der Waals surface area contributed by atoms with E-state index in [1.165, 1.54) is 0 Å². The molecule has 0 saturated heterocycles. The Hall–Kier alpha value is -6.02. The summed E-state index contributed by atoms with van der Waals surface area (Å²) >= 11 is 0. The number of carbonyl (C=O) groups is 2. The largest absolute Gasteiger partial charge is 0.462 e. The molecule has 226 valence electrons. The van der Waals surface area contributed by atoms with Crippen LogP contribution in [0.4, 0.5) is 0 Å². The van der Waals surface area contributed by atoms with Gasteiger partial charge in [0.1, 0.15) is 11.1 Å². The first-order valence-corrected chi connectivity index (χ1v) is 15.2. The summed E-state index contributed by atoms with van der Waals surface area (Å²) < 4.78 is 10.8. The Kier molecular flexibility index (Phi) is 7.60. The molecule has 8 nitrogen and oxygen atoms in total. The van der Waals surface area contributed by atoms with Gasteiger partial charge in [-0.05, 0) is 73.5 Å². The molecule has 0 spiro atoms. The molecule has 46 heavy (non-hydrogen) atoms. The molecule has 0 fully saturated rings. The fourth-order valence-electron chi connectivity index (χ4n) is 5.84. The first kappa shape index (κ1) is 28.7. The van der Waals surface area contributed by atoms with Crippen molar-refractivity contribution in [3.05, 3.63) is 120 Å². The molecule has 2 aromatic carbocycles. The van der Waals surface area contributed by atoms with Crippen LogP contribution in [0.15, 0.2) is 97.1 Å². The lowest BCUT2D eigenvalue weighted by Crippen LogP contribution is -2.12. The van der Waals surface area contributed by atoms with Crippen LogP contribution in [0.2, 0.25) is 0 Å². The predicted molar refractivity (Wildman–Crippen MR) is 181 cm³/mol. The van der Waals surface area contributed by atoms with E-state index in [1.807, 2.05) is 72.8 Å². The summed E-state index contributed by atoms with van der Waals surface area (Å²) in [5.74, 6) is -1.30. The minimum absolute atomic E-state index is 0.0597. The molecule has 3 aromatic heterocycles. The summed E-state index contributed by atoms with van der Waals surface area (Å²) in [6.07, 6.45) is 4.07. The van der Waals surface area contributed by atoms with E-state index in [4.69, 9.17) is 19.4 Å². The lowest BCUT2D eigenvalue weighted by atomic mass is 10.0. The molecule has 0 amide bonds. The van der Waals surface area contributed by atoms with Crippen LogP contribution in [0.1, 0.15) is 36.6 Å². The molecule has 2 aliphatic heterocycles. The average molecular weight is 607 g/mol. The van der Waals surface area contributed by atoms with Crippen LogP contribution < -0.4 is 0 Å². The van der Waals surface area contributed by atoms with Crippen molar-refractivity contribution in [1.82, 2.24) is 19.9 Å². The number of ether oxygens (including phenoxy) is 2. The molecule has 5 aromatic rings. The van der Waals surface area contributed by atoms with E-state index in [1.54, 1.807) is 26.0 Å². The van der Waals surface area contributed by atoms with Crippen LogP contribution >= 0.6 is 0 Å². The molecule has 8 heteroatoms. The van der Waals surface area contributed by atoms with Crippen molar-refractivity contribution in [2.45, 2.75) is 13.8 Å². The quantitative estimate of drug-likeness (QED) is 0.187. The van der Waals surface area contributed by atoms with Gasteiger partial charge in [0.15, 0.2) is 0 Å². The molecular weight excluding hydrogens is 576 g/mol. The normalized spacial score (nSPS) is 12.3. The predicted octanol–water partition coefficient (Wildman–Crippen LogP) is 7.86. The lowest BCUT2D eigenvalue weighted by Gasteiger charge is -2.07. The summed E-state index contributed by atoms with van der Waals surface area (Å²) in [7, 11) is 0. The van der Waals surface area contributed by atoms with Gasteiger partial charge in [0, 0.05) is 33.2 Å².